The standard InChI is InChI=1S/C58H54N6S/c1-6-8-13-28-44(37-45-39-65-53-33-21-20-29-46(45)53)48-31-22-34-54(60-48)63(41(5)23-9-7-2)51-35-36-52-56(55(51)40(3)4)47-30-18-12-19-32-50(47)64(52)58-61-49(42-24-14-10-15-25-42)38-59-57(62-58)43-26-16-11-17-27-43/h6-11,14-27,29-37,39-41H,2,12-13,28,38H2,1,3-5H3/b8-6?,23-9-,44-37+. The van der Waals surface area contributed by atoms with Gasteiger partial charge in [0, 0.05) is 26.9 Å². The van der Waals surface area contributed by atoms with Crippen molar-refractivity contribution in [3.63, 3.8) is 0 Å². The third-order valence-corrected chi connectivity index (χ3v) is 12.9. The van der Waals surface area contributed by atoms with Crippen LogP contribution in [0.1, 0.15) is 92.1 Å². The molecule has 6 nitrogen and oxygen atoms in total. The van der Waals surface area contributed by atoms with Crippen LogP contribution < -0.4 is 4.90 Å². The molecule has 7 heteroatoms. The summed E-state index contributed by atoms with van der Waals surface area (Å²) in [6, 6.07) is 40.2. The lowest BCUT2D eigenvalue weighted by atomic mass is 9.92. The highest BCUT2D eigenvalue weighted by molar-refractivity contribution is 7.17. The van der Waals surface area contributed by atoms with Crippen molar-refractivity contribution in [2.45, 2.75) is 58.9 Å². The Labute approximate surface area is 387 Å². The summed E-state index contributed by atoms with van der Waals surface area (Å²) >= 11 is 1.79. The van der Waals surface area contributed by atoms with Gasteiger partial charge in [0.15, 0.2) is 5.84 Å². The maximum absolute atomic E-state index is 5.56. The number of benzene rings is 4. The molecule has 0 amide bonds. The fraction of sp³-hybridized carbons (Fsp3) is 0.172. The molecule has 1 unspecified atom stereocenters. The van der Waals surface area contributed by atoms with Gasteiger partial charge in [0.2, 0.25) is 5.96 Å². The number of amidine groups is 1. The van der Waals surface area contributed by atoms with Gasteiger partial charge in [0.05, 0.1) is 35.2 Å². The van der Waals surface area contributed by atoms with Crippen LogP contribution in [-0.2, 0) is 0 Å². The summed E-state index contributed by atoms with van der Waals surface area (Å²) in [5.74, 6) is 2.26. The van der Waals surface area contributed by atoms with Crippen molar-refractivity contribution < 1.29 is 0 Å². The van der Waals surface area contributed by atoms with Crippen molar-refractivity contribution in [3.8, 4) is 0 Å². The van der Waals surface area contributed by atoms with Crippen LogP contribution in [0.4, 0.5) is 11.5 Å². The Morgan fingerprint density at radius 2 is 1.62 bits per heavy atom. The molecule has 322 valence electrons. The van der Waals surface area contributed by atoms with Gasteiger partial charge in [0.1, 0.15) is 5.82 Å². The number of hydrogen-bond acceptors (Lipinski definition) is 6. The Morgan fingerprint density at radius 3 is 2.40 bits per heavy atom. The summed E-state index contributed by atoms with van der Waals surface area (Å²) < 4.78 is 3.54. The highest BCUT2D eigenvalue weighted by Crippen LogP contribution is 2.44. The first-order chi connectivity index (χ1) is 31.9. The molecule has 4 heterocycles. The molecule has 0 saturated heterocycles. The van der Waals surface area contributed by atoms with E-state index in [0.29, 0.717) is 18.3 Å². The molecule has 0 N–H and O–H groups in total. The minimum atomic E-state index is -0.0630. The van der Waals surface area contributed by atoms with E-state index >= 15 is 0 Å². The third-order valence-electron chi connectivity index (χ3n) is 12.0. The zero-order valence-corrected chi connectivity index (χ0v) is 38.4. The van der Waals surface area contributed by atoms with Crippen LogP contribution in [0.25, 0.3) is 44.8 Å². The molecule has 65 heavy (non-hydrogen) atoms. The molecule has 0 spiro atoms. The third kappa shape index (κ3) is 8.98. The molecule has 1 atom stereocenters. The first-order valence-corrected chi connectivity index (χ1v) is 23.5. The summed E-state index contributed by atoms with van der Waals surface area (Å²) in [7, 11) is 0. The first-order valence-electron chi connectivity index (χ1n) is 22.6. The Kier molecular flexibility index (Phi) is 13.0. The van der Waals surface area contributed by atoms with E-state index in [1.807, 2.05) is 36.4 Å². The van der Waals surface area contributed by atoms with Gasteiger partial charge >= 0.3 is 0 Å². The molecule has 0 saturated carbocycles. The van der Waals surface area contributed by atoms with Crippen molar-refractivity contribution >= 4 is 85.1 Å². The predicted molar refractivity (Wildman–Crippen MR) is 281 cm³/mol. The highest BCUT2D eigenvalue weighted by atomic mass is 32.1. The van der Waals surface area contributed by atoms with E-state index in [-0.39, 0.29) is 12.0 Å². The number of rotatable bonds is 13. The Bertz CT molecular complexity index is 3110. The van der Waals surface area contributed by atoms with Crippen LogP contribution in [-0.4, -0.2) is 39.6 Å². The SMILES string of the molecule is C=C/C=C\C(C)N(c1cccc(/C(=C/c2csc3ccccc23)CCC=CC)n1)c1ccc2c(c3c(n2C2=NC(c4ccccc4)=NCC(c4ccccc4)=N2)C=CCC=C3)c1C(C)C. The topological polar surface area (TPSA) is 58.1 Å². The summed E-state index contributed by atoms with van der Waals surface area (Å²) in [6.07, 6.45) is 24.4. The fourth-order valence-electron chi connectivity index (χ4n) is 8.91. The van der Waals surface area contributed by atoms with Gasteiger partial charge in [-0.3, -0.25) is 9.56 Å². The van der Waals surface area contributed by atoms with E-state index in [2.05, 4.69) is 189 Å². The van der Waals surface area contributed by atoms with Gasteiger partial charge in [-0.25, -0.2) is 9.98 Å². The average Bonchev–Trinajstić information content (AvgIpc) is 3.66. The molecule has 0 fully saturated rings. The number of aliphatic imine (C=N–C) groups is 3. The van der Waals surface area contributed by atoms with Gasteiger partial charge in [-0.2, -0.15) is 4.99 Å². The molecular weight excluding hydrogens is 813 g/mol. The van der Waals surface area contributed by atoms with Crippen molar-refractivity contribution in [2.75, 3.05) is 11.4 Å². The zero-order valence-electron chi connectivity index (χ0n) is 37.6. The second kappa shape index (κ2) is 19.7. The van der Waals surface area contributed by atoms with E-state index < -0.39 is 0 Å². The minimum Gasteiger partial charge on any atom is -0.319 e. The number of pyridine rings is 1. The number of aromatic nitrogens is 2. The van der Waals surface area contributed by atoms with Gasteiger partial charge in [-0.1, -0.05) is 154 Å². The lowest BCUT2D eigenvalue weighted by Crippen LogP contribution is -2.29. The summed E-state index contributed by atoms with van der Waals surface area (Å²) in [5.41, 5.74) is 11.8. The smallest absolute Gasteiger partial charge is 0.237 e. The Balaban J connectivity index is 1.26. The first kappa shape index (κ1) is 43.1. The second-order valence-corrected chi connectivity index (χ2v) is 17.6. The lowest BCUT2D eigenvalue weighted by Gasteiger charge is -2.32. The molecule has 0 radical (unpaired) electrons. The number of fused-ring (bicyclic) bond motifs is 4. The van der Waals surface area contributed by atoms with E-state index in [0.717, 1.165) is 70.1 Å². The van der Waals surface area contributed by atoms with Crippen LogP contribution in [0.2, 0.25) is 0 Å². The highest BCUT2D eigenvalue weighted by Gasteiger charge is 2.29. The lowest BCUT2D eigenvalue weighted by molar-refractivity contribution is 0.815. The Morgan fingerprint density at radius 1 is 0.846 bits per heavy atom. The average molecular weight is 867 g/mol. The molecule has 1 aliphatic heterocycles. The molecular formula is C58H54N6S. The van der Waals surface area contributed by atoms with E-state index in [1.165, 1.54) is 32.2 Å². The van der Waals surface area contributed by atoms with Crippen LogP contribution in [0.3, 0.4) is 0 Å². The second-order valence-electron chi connectivity index (χ2n) is 16.6. The number of thiophene rings is 1. The van der Waals surface area contributed by atoms with Crippen LogP contribution >= 0.6 is 11.3 Å². The molecule has 3 aromatic heterocycles. The maximum atomic E-state index is 5.56. The van der Waals surface area contributed by atoms with Crippen LogP contribution in [0.5, 0.6) is 0 Å². The van der Waals surface area contributed by atoms with E-state index in [1.54, 1.807) is 11.3 Å². The molecule has 4 aromatic carbocycles. The maximum Gasteiger partial charge on any atom is 0.237 e. The number of allylic oxidation sites excluding steroid dienone is 7. The molecule has 1 aliphatic carbocycles. The van der Waals surface area contributed by atoms with Crippen molar-refractivity contribution in [2.24, 2.45) is 15.0 Å². The molecule has 0 bridgehead atoms. The van der Waals surface area contributed by atoms with E-state index in [4.69, 9.17) is 20.0 Å². The molecule has 2 aliphatic rings. The predicted octanol–water partition coefficient (Wildman–Crippen LogP) is 15.1. The number of anilines is 2. The van der Waals surface area contributed by atoms with Gasteiger partial charge in [0.25, 0.3) is 0 Å². The van der Waals surface area contributed by atoms with Gasteiger partial charge in [-0.15, -0.1) is 11.3 Å². The van der Waals surface area contributed by atoms with Crippen molar-refractivity contribution in [1.82, 2.24) is 9.55 Å². The molecule has 7 aromatic rings. The number of hydrogen-bond donors (Lipinski definition) is 0. The summed E-state index contributed by atoms with van der Waals surface area (Å²) in [5, 5.41) is 4.71. The normalized spacial score (nSPS) is 14.7. The zero-order chi connectivity index (χ0) is 44.7. The van der Waals surface area contributed by atoms with Crippen LogP contribution in [0.15, 0.2) is 185 Å². The minimum absolute atomic E-state index is 0.0630. The van der Waals surface area contributed by atoms with E-state index in [9.17, 15) is 0 Å². The molecule has 9 rings (SSSR count). The monoisotopic (exact) mass is 866 g/mol. The summed E-state index contributed by atoms with van der Waals surface area (Å²) in [6.45, 7) is 13.4. The van der Waals surface area contributed by atoms with Crippen molar-refractivity contribution in [1.29, 1.82) is 0 Å². The Hall–Kier alpha value is -7.22. The number of nitrogens with zero attached hydrogens (tertiary/aromatic N) is 6. The van der Waals surface area contributed by atoms with Gasteiger partial charge < -0.3 is 4.90 Å². The summed E-state index contributed by atoms with van der Waals surface area (Å²) in [4.78, 5) is 23.8. The largest absolute Gasteiger partial charge is 0.319 e. The fourth-order valence-corrected chi connectivity index (χ4v) is 9.83. The van der Waals surface area contributed by atoms with Gasteiger partial charge in [-0.05, 0) is 115 Å². The van der Waals surface area contributed by atoms with Crippen LogP contribution in [0, 0.1) is 0 Å². The van der Waals surface area contributed by atoms with Crippen molar-refractivity contribution in [3.05, 3.63) is 209 Å². The quantitative estimate of drug-likeness (QED) is 0.0856.